The van der Waals surface area contributed by atoms with Gasteiger partial charge in [0.15, 0.2) is 5.65 Å². The number of carbonyl (C=O) groups is 1. The van der Waals surface area contributed by atoms with Gasteiger partial charge in [0.05, 0.1) is 22.5 Å². The number of hydrogen-bond donors (Lipinski definition) is 0. The molecule has 1 aliphatic rings. The number of pyridine rings is 2. The molecule has 4 aromatic rings. The predicted octanol–water partition coefficient (Wildman–Crippen LogP) is 4.30. The fourth-order valence-electron chi connectivity index (χ4n) is 4.63. The van der Waals surface area contributed by atoms with Crippen molar-refractivity contribution in [3.05, 3.63) is 58.7 Å². The molecular weight excluding hydrogens is 444 g/mol. The third kappa shape index (κ3) is 4.50. The lowest BCUT2D eigenvalue weighted by Crippen LogP contribution is -2.43. The van der Waals surface area contributed by atoms with Gasteiger partial charge < -0.3 is 18.6 Å². The Bertz CT molecular complexity index is 1490. The Morgan fingerprint density at radius 2 is 1.83 bits per heavy atom. The van der Waals surface area contributed by atoms with E-state index in [9.17, 15) is 9.59 Å². The van der Waals surface area contributed by atoms with Gasteiger partial charge in [0.2, 0.25) is 0 Å². The molecule has 0 radical (unpaired) electrons. The second kappa shape index (κ2) is 8.48. The first-order valence-corrected chi connectivity index (χ1v) is 11.9. The number of likely N-dealkylation sites (tertiary alicyclic amines) is 1. The largest absolute Gasteiger partial charge is 0.444 e. The lowest BCUT2D eigenvalue weighted by molar-refractivity contribution is 0.0187. The molecule has 9 nitrogen and oxygen atoms in total. The van der Waals surface area contributed by atoms with Crippen molar-refractivity contribution in [2.24, 2.45) is 0 Å². The Morgan fingerprint density at radius 1 is 1.09 bits per heavy atom. The number of imidazole rings is 1. The number of aromatic nitrogens is 5. The highest BCUT2D eigenvalue weighted by atomic mass is 16.6. The van der Waals surface area contributed by atoms with Gasteiger partial charge in [0.25, 0.3) is 5.56 Å². The minimum atomic E-state index is -0.521. The molecule has 1 saturated heterocycles. The molecule has 0 bridgehead atoms. The van der Waals surface area contributed by atoms with E-state index in [1.54, 1.807) is 15.7 Å². The molecule has 0 spiro atoms. The van der Waals surface area contributed by atoms with Crippen LogP contribution < -0.4 is 5.56 Å². The second-order valence-electron chi connectivity index (χ2n) is 10.2. The summed E-state index contributed by atoms with van der Waals surface area (Å²) in [5.74, 6) is 0. The molecular formula is C26H30N6O3. The standard InChI is InChI=1S/C26H30N6O3/c1-16-14-31-15-22(29-17(2)23(31)28-16)21-12-18-6-11-32(24(33)20(18)13-27-21)19-7-9-30(10-8-19)25(34)35-26(3,4)5/h6,11-15,19H,7-10H2,1-5H3. The van der Waals surface area contributed by atoms with Crippen molar-refractivity contribution >= 4 is 22.5 Å². The Labute approximate surface area is 203 Å². The summed E-state index contributed by atoms with van der Waals surface area (Å²) >= 11 is 0. The van der Waals surface area contributed by atoms with E-state index >= 15 is 0 Å². The first-order valence-electron chi connectivity index (χ1n) is 11.9. The summed E-state index contributed by atoms with van der Waals surface area (Å²) in [5.41, 5.74) is 3.42. The number of fused-ring (bicyclic) bond motifs is 2. The van der Waals surface area contributed by atoms with Gasteiger partial charge >= 0.3 is 6.09 Å². The highest BCUT2D eigenvalue weighted by Gasteiger charge is 2.28. The summed E-state index contributed by atoms with van der Waals surface area (Å²) in [7, 11) is 0. The zero-order chi connectivity index (χ0) is 24.9. The molecule has 0 N–H and O–H groups in total. The summed E-state index contributed by atoms with van der Waals surface area (Å²) < 4.78 is 9.21. The van der Waals surface area contributed by atoms with E-state index < -0.39 is 5.60 Å². The molecule has 5 heterocycles. The van der Waals surface area contributed by atoms with Gasteiger partial charge in [-0.05, 0) is 65.0 Å². The van der Waals surface area contributed by atoms with Crippen LogP contribution in [0.15, 0.2) is 41.7 Å². The molecule has 1 aliphatic heterocycles. The number of piperidine rings is 1. The lowest BCUT2D eigenvalue weighted by atomic mass is 10.0. The Balaban J connectivity index is 1.39. The van der Waals surface area contributed by atoms with E-state index in [0.717, 1.165) is 28.1 Å². The Kier molecular flexibility index (Phi) is 5.57. The Hall–Kier alpha value is -3.75. The summed E-state index contributed by atoms with van der Waals surface area (Å²) in [6.07, 6.45) is 8.46. The van der Waals surface area contributed by atoms with Crippen molar-refractivity contribution in [3.63, 3.8) is 0 Å². The number of rotatable bonds is 2. The minimum absolute atomic E-state index is 0.0291. The molecule has 1 fully saturated rings. The molecule has 0 atom stereocenters. The molecule has 4 aromatic heterocycles. The SMILES string of the molecule is Cc1cn2cc(-c3cc4ccn(C5CCN(C(=O)OC(C)(C)C)CC5)c(=O)c4cn3)nc(C)c2n1. The van der Waals surface area contributed by atoms with Gasteiger partial charge in [-0.15, -0.1) is 0 Å². The summed E-state index contributed by atoms with van der Waals surface area (Å²) in [6, 6.07) is 3.89. The van der Waals surface area contributed by atoms with Gasteiger partial charge in [0, 0.05) is 43.9 Å². The highest BCUT2D eigenvalue weighted by Crippen LogP contribution is 2.25. The minimum Gasteiger partial charge on any atom is -0.444 e. The monoisotopic (exact) mass is 474 g/mol. The fourth-order valence-corrected chi connectivity index (χ4v) is 4.63. The van der Waals surface area contributed by atoms with Crippen LogP contribution in [0.2, 0.25) is 0 Å². The van der Waals surface area contributed by atoms with Crippen LogP contribution in [0.3, 0.4) is 0 Å². The molecule has 0 unspecified atom stereocenters. The van der Waals surface area contributed by atoms with E-state index in [4.69, 9.17) is 4.74 Å². The van der Waals surface area contributed by atoms with Crippen molar-refractivity contribution in [1.82, 2.24) is 28.8 Å². The fraction of sp³-hybridized carbons (Fsp3) is 0.423. The quantitative estimate of drug-likeness (QED) is 0.430. The maximum atomic E-state index is 13.3. The number of amides is 1. The normalized spacial score (nSPS) is 15.2. The first kappa shape index (κ1) is 23.0. The molecule has 35 heavy (non-hydrogen) atoms. The van der Waals surface area contributed by atoms with Crippen LogP contribution >= 0.6 is 0 Å². The molecule has 9 heteroatoms. The maximum Gasteiger partial charge on any atom is 0.410 e. The van der Waals surface area contributed by atoms with Gasteiger partial charge in [-0.3, -0.25) is 9.78 Å². The molecule has 1 amide bonds. The van der Waals surface area contributed by atoms with Gasteiger partial charge in [-0.1, -0.05) is 0 Å². The van der Waals surface area contributed by atoms with Crippen molar-refractivity contribution in [2.45, 2.75) is 59.1 Å². The summed E-state index contributed by atoms with van der Waals surface area (Å²) in [4.78, 5) is 41.1. The van der Waals surface area contributed by atoms with Gasteiger partial charge in [-0.25, -0.2) is 14.8 Å². The van der Waals surface area contributed by atoms with Crippen LogP contribution in [-0.4, -0.2) is 53.6 Å². The summed E-state index contributed by atoms with van der Waals surface area (Å²) in [6.45, 7) is 10.6. The van der Waals surface area contributed by atoms with Gasteiger partial charge in [-0.2, -0.15) is 0 Å². The lowest BCUT2D eigenvalue weighted by Gasteiger charge is -2.34. The van der Waals surface area contributed by atoms with E-state index in [1.165, 1.54) is 0 Å². The zero-order valence-corrected chi connectivity index (χ0v) is 20.8. The first-order chi connectivity index (χ1) is 16.6. The molecule has 0 saturated carbocycles. The topological polar surface area (TPSA) is 94.6 Å². The van der Waals surface area contributed by atoms with Crippen LogP contribution in [0.1, 0.15) is 51.0 Å². The van der Waals surface area contributed by atoms with Crippen molar-refractivity contribution in [1.29, 1.82) is 0 Å². The van der Waals surface area contributed by atoms with Gasteiger partial charge in [0.1, 0.15) is 11.3 Å². The van der Waals surface area contributed by atoms with Crippen molar-refractivity contribution in [2.75, 3.05) is 13.1 Å². The molecule has 182 valence electrons. The Morgan fingerprint density at radius 3 is 2.54 bits per heavy atom. The predicted molar refractivity (Wildman–Crippen MR) is 134 cm³/mol. The number of nitrogens with zero attached hydrogens (tertiary/aromatic N) is 6. The summed E-state index contributed by atoms with van der Waals surface area (Å²) in [5, 5.41) is 1.39. The van der Waals surface area contributed by atoms with E-state index in [-0.39, 0.29) is 17.7 Å². The molecule has 0 aromatic carbocycles. The van der Waals surface area contributed by atoms with Crippen LogP contribution in [0.5, 0.6) is 0 Å². The van der Waals surface area contributed by atoms with Crippen LogP contribution in [0.25, 0.3) is 27.8 Å². The maximum absolute atomic E-state index is 13.3. The second-order valence-corrected chi connectivity index (χ2v) is 10.2. The highest BCUT2D eigenvalue weighted by molar-refractivity contribution is 5.84. The van der Waals surface area contributed by atoms with E-state index in [2.05, 4.69) is 15.0 Å². The van der Waals surface area contributed by atoms with E-state index in [1.807, 2.05) is 69.7 Å². The third-order valence-corrected chi connectivity index (χ3v) is 6.31. The number of ether oxygens (including phenoxy) is 1. The van der Waals surface area contributed by atoms with Crippen LogP contribution in [0.4, 0.5) is 4.79 Å². The van der Waals surface area contributed by atoms with Crippen molar-refractivity contribution in [3.8, 4) is 11.4 Å². The molecule has 0 aliphatic carbocycles. The number of aryl methyl sites for hydroxylation is 2. The van der Waals surface area contributed by atoms with Crippen LogP contribution in [0, 0.1) is 13.8 Å². The third-order valence-electron chi connectivity index (χ3n) is 6.31. The van der Waals surface area contributed by atoms with Crippen LogP contribution in [-0.2, 0) is 4.74 Å². The smallest absolute Gasteiger partial charge is 0.410 e. The molecule has 5 rings (SSSR count). The average Bonchev–Trinajstić information content (AvgIpc) is 3.19. The van der Waals surface area contributed by atoms with E-state index in [0.29, 0.717) is 37.0 Å². The van der Waals surface area contributed by atoms with Crippen molar-refractivity contribution < 1.29 is 9.53 Å². The number of hydrogen-bond acceptors (Lipinski definition) is 6. The zero-order valence-electron chi connectivity index (χ0n) is 20.8. The average molecular weight is 475 g/mol. The number of carbonyl (C=O) groups excluding carboxylic acids is 1.